The van der Waals surface area contributed by atoms with E-state index in [4.69, 9.17) is 24.3 Å². The SMILES string of the molecule is CN1C(=O)c2cccc(OC(F)F)c2C2CC1c1nn3ccc(C4=CCN(C(=O)OC5COC5)CC4)nc3c12. The van der Waals surface area contributed by atoms with E-state index in [0.717, 1.165) is 16.8 Å². The average Bonchev–Trinajstić information content (AvgIpc) is 3.43. The normalized spacial score (nSPS) is 22.4. The van der Waals surface area contributed by atoms with Crippen molar-refractivity contribution in [2.45, 2.75) is 37.5 Å². The molecule has 1 aliphatic carbocycles. The van der Waals surface area contributed by atoms with Gasteiger partial charge in [-0.15, -0.1) is 0 Å². The number of nitrogens with zero attached hydrogens (tertiary/aromatic N) is 5. The number of hydrogen-bond acceptors (Lipinski definition) is 7. The van der Waals surface area contributed by atoms with Crippen LogP contribution in [0.4, 0.5) is 13.6 Å². The van der Waals surface area contributed by atoms with Gasteiger partial charge in [-0.2, -0.15) is 13.9 Å². The molecule has 10 nitrogen and oxygen atoms in total. The van der Waals surface area contributed by atoms with E-state index in [1.165, 1.54) is 6.07 Å². The summed E-state index contributed by atoms with van der Waals surface area (Å²) in [5.74, 6) is -0.646. The summed E-state index contributed by atoms with van der Waals surface area (Å²) in [7, 11) is 1.71. The minimum atomic E-state index is -3.02. The molecule has 5 heterocycles. The molecular weight excluding hydrogens is 512 g/mol. The number of carbonyl (C=O) groups excluding carboxylic acids is 2. The van der Waals surface area contributed by atoms with Crippen molar-refractivity contribution in [2.75, 3.05) is 33.4 Å². The lowest BCUT2D eigenvalue weighted by atomic mass is 9.89. The molecule has 12 heteroatoms. The molecule has 2 unspecified atom stereocenters. The number of alkyl halides is 2. The highest BCUT2D eigenvalue weighted by Crippen LogP contribution is 2.53. The number of benzene rings is 1. The Hall–Kier alpha value is -4.06. The average molecular weight is 538 g/mol. The molecule has 202 valence electrons. The first-order chi connectivity index (χ1) is 18.9. The molecule has 2 aromatic heterocycles. The van der Waals surface area contributed by atoms with E-state index in [1.807, 2.05) is 18.3 Å². The number of carbonyl (C=O) groups is 2. The highest BCUT2D eigenvalue weighted by Gasteiger charge is 2.46. The summed E-state index contributed by atoms with van der Waals surface area (Å²) < 4.78 is 43.7. The molecule has 1 saturated heterocycles. The number of halogens is 2. The van der Waals surface area contributed by atoms with Crippen molar-refractivity contribution in [1.29, 1.82) is 0 Å². The second kappa shape index (κ2) is 9.01. The van der Waals surface area contributed by atoms with Crippen molar-refractivity contribution in [3.8, 4) is 5.75 Å². The van der Waals surface area contributed by atoms with Gasteiger partial charge in [0.05, 0.1) is 30.6 Å². The molecule has 0 N–H and O–H groups in total. The van der Waals surface area contributed by atoms with Crippen LogP contribution in [0.2, 0.25) is 0 Å². The van der Waals surface area contributed by atoms with Crippen molar-refractivity contribution in [2.24, 2.45) is 0 Å². The van der Waals surface area contributed by atoms with Crippen LogP contribution in [0.3, 0.4) is 0 Å². The molecule has 1 fully saturated rings. The molecule has 0 spiro atoms. The fraction of sp³-hybridized carbons (Fsp3) is 0.407. The Morgan fingerprint density at radius 1 is 1.21 bits per heavy atom. The van der Waals surface area contributed by atoms with Gasteiger partial charge in [0, 0.05) is 48.9 Å². The van der Waals surface area contributed by atoms with Crippen molar-refractivity contribution in [3.05, 3.63) is 64.6 Å². The number of fused-ring (bicyclic) bond motifs is 9. The van der Waals surface area contributed by atoms with Gasteiger partial charge in [0.15, 0.2) is 11.8 Å². The standard InChI is InChI=1S/C27H25F2N5O5/c1-32-19-11-17(21-16(25(32)35)3-2-4-20(21)39-26(28)29)22-23(19)31-34-10-7-18(30-24(22)34)14-5-8-33(9-6-14)27(36)38-15-12-37-13-15/h2-5,7,10,15,17,19,26H,6,8-9,11-13H2,1H3. The van der Waals surface area contributed by atoms with E-state index in [-0.39, 0.29) is 35.8 Å². The first-order valence-electron chi connectivity index (χ1n) is 12.9. The molecule has 3 aromatic rings. The Labute approximate surface area is 221 Å². The summed E-state index contributed by atoms with van der Waals surface area (Å²) in [4.78, 5) is 33.9. The Morgan fingerprint density at radius 2 is 2.05 bits per heavy atom. The predicted octanol–water partition coefficient (Wildman–Crippen LogP) is 3.62. The summed E-state index contributed by atoms with van der Waals surface area (Å²) in [6.07, 6.45) is 4.38. The molecule has 7 rings (SSSR count). The number of rotatable bonds is 4. The summed E-state index contributed by atoms with van der Waals surface area (Å²) in [6.45, 7) is -1.24. The van der Waals surface area contributed by atoms with E-state index in [0.29, 0.717) is 61.6 Å². The molecule has 2 bridgehead atoms. The Kier molecular flexibility index (Phi) is 5.55. The molecule has 39 heavy (non-hydrogen) atoms. The minimum absolute atomic E-state index is 0.00585. The summed E-state index contributed by atoms with van der Waals surface area (Å²) in [5.41, 5.74) is 4.69. The third-order valence-electron chi connectivity index (χ3n) is 7.99. The van der Waals surface area contributed by atoms with Gasteiger partial charge in [-0.3, -0.25) is 4.79 Å². The second-order valence-corrected chi connectivity index (χ2v) is 10.2. The van der Waals surface area contributed by atoms with Gasteiger partial charge >= 0.3 is 12.7 Å². The number of hydrogen-bond donors (Lipinski definition) is 0. The van der Waals surface area contributed by atoms with Gasteiger partial charge in [0.2, 0.25) is 0 Å². The summed E-state index contributed by atoms with van der Waals surface area (Å²) in [5, 5.41) is 4.76. The van der Waals surface area contributed by atoms with Crippen LogP contribution in [0.15, 0.2) is 36.5 Å². The van der Waals surface area contributed by atoms with Crippen LogP contribution >= 0.6 is 0 Å². The molecule has 0 saturated carbocycles. The van der Waals surface area contributed by atoms with Crippen LogP contribution in [-0.2, 0) is 9.47 Å². The first-order valence-corrected chi connectivity index (χ1v) is 12.9. The highest BCUT2D eigenvalue weighted by molar-refractivity contribution is 5.98. The van der Waals surface area contributed by atoms with Gasteiger partial charge in [-0.25, -0.2) is 14.3 Å². The lowest BCUT2D eigenvalue weighted by Gasteiger charge is -2.31. The van der Waals surface area contributed by atoms with Crippen LogP contribution in [0, 0.1) is 0 Å². The van der Waals surface area contributed by atoms with Gasteiger partial charge in [0.25, 0.3) is 5.91 Å². The zero-order valence-electron chi connectivity index (χ0n) is 21.0. The van der Waals surface area contributed by atoms with Crippen LogP contribution in [0.25, 0.3) is 11.2 Å². The number of ether oxygens (including phenoxy) is 3. The molecule has 0 radical (unpaired) electrons. The van der Waals surface area contributed by atoms with Crippen molar-refractivity contribution in [3.63, 3.8) is 0 Å². The third-order valence-corrected chi connectivity index (χ3v) is 7.99. The lowest BCUT2D eigenvalue weighted by Crippen LogP contribution is -2.43. The third kappa shape index (κ3) is 3.84. The zero-order chi connectivity index (χ0) is 26.8. The largest absolute Gasteiger partial charge is 0.441 e. The number of aromatic nitrogens is 3. The Balaban J connectivity index is 1.25. The maximum Gasteiger partial charge on any atom is 0.410 e. The highest BCUT2D eigenvalue weighted by atomic mass is 19.3. The van der Waals surface area contributed by atoms with Gasteiger partial charge in [-0.1, -0.05) is 12.1 Å². The smallest absolute Gasteiger partial charge is 0.410 e. The second-order valence-electron chi connectivity index (χ2n) is 10.2. The molecule has 4 aliphatic rings. The molecular formula is C27H25F2N5O5. The molecule has 1 aromatic carbocycles. The van der Waals surface area contributed by atoms with Crippen LogP contribution in [0.5, 0.6) is 5.75 Å². The van der Waals surface area contributed by atoms with E-state index in [1.54, 1.807) is 33.5 Å². The van der Waals surface area contributed by atoms with E-state index in [2.05, 4.69) is 0 Å². The first kappa shape index (κ1) is 24.0. The van der Waals surface area contributed by atoms with Crippen molar-refractivity contribution < 1.29 is 32.6 Å². The Bertz CT molecular complexity index is 1530. The van der Waals surface area contributed by atoms with Crippen LogP contribution < -0.4 is 4.74 Å². The maximum absolute atomic E-state index is 13.3. The molecule has 3 aliphatic heterocycles. The minimum Gasteiger partial charge on any atom is -0.441 e. The van der Waals surface area contributed by atoms with E-state index in [9.17, 15) is 18.4 Å². The maximum atomic E-state index is 13.3. The van der Waals surface area contributed by atoms with Gasteiger partial charge in [0.1, 0.15) is 5.75 Å². The monoisotopic (exact) mass is 537 g/mol. The fourth-order valence-electron chi connectivity index (χ4n) is 5.97. The Morgan fingerprint density at radius 3 is 2.77 bits per heavy atom. The van der Waals surface area contributed by atoms with E-state index < -0.39 is 6.61 Å². The van der Waals surface area contributed by atoms with E-state index >= 15 is 0 Å². The molecule has 2 atom stereocenters. The zero-order valence-corrected chi connectivity index (χ0v) is 21.0. The predicted molar refractivity (Wildman–Crippen MR) is 133 cm³/mol. The van der Waals surface area contributed by atoms with Crippen molar-refractivity contribution in [1.82, 2.24) is 24.4 Å². The summed E-state index contributed by atoms with van der Waals surface area (Å²) >= 11 is 0. The van der Waals surface area contributed by atoms with Crippen LogP contribution in [-0.4, -0.2) is 82.5 Å². The van der Waals surface area contributed by atoms with Gasteiger partial charge < -0.3 is 24.0 Å². The van der Waals surface area contributed by atoms with Gasteiger partial charge in [-0.05, 0) is 36.6 Å². The topological polar surface area (TPSA) is 98.5 Å². The summed E-state index contributed by atoms with van der Waals surface area (Å²) in [6, 6.07) is 6.24. The quantitative estimate of drug-likeness (QED) is 0.502. The van der Waals surface area contributed by atoms with Crippen molar-refractivity contribution >= 4 is 23.2 Å². The number of amides is 2. The lowest BCUT2D eigenvalue weighted by molar-refractivity contribution is -0.104. The van der Waals surface area contributed by atoms with Crippen LogP contribution in [0.1, 0.15) is 57.7 Å². The molecule has 2 amide bonds. The fourth-order valence-corrected chi connectivity index (χ4v) is 5.97.